The minimum absolute atomic E-state index is 0.0757. The van der Waals surface area contributed by atoms with Crippen LogP contribution in [-0.4, -0.2) is 15.3 Å². The Morgan fingerprint density at radius 3 is 2.26 bits per heavy atom. The van der Waals surface area contributed by atoms with Gasteiger partial charge < -0.3 is 4.57 Å². The lowest BCUT2D eigenvalue weighted by molar-refractivity contribution is 0.0847. The molecule has 0 unspecified atom stereocenters. The molecule has 3 nitrogen and oxygen atoms in total. The fourth-order valence-corrected chi connectivity index (χ4v) is 3.20. The van der Waals surface area contributed by atoms with Crippen molar-refractivity contribution in [3.8, 4) is 0 Å². The predicted octanol–water partition coefficient (Wildman–Crippen LogP) is 4.65. The van der Waals surface area contributed by atoms with E-state index in [1.807, 2.05) is 67.1 Å². The van der Waals surface area contributed by atoms with Crippen molar-refractivity contribution in [1.82, 2.24) is 9.55 Å². The zero-order chi connectivity index (χ0) is 16.3. The van der Waals surface area contributed by atoms with Gasteiger partial charge in [-0.25, -0.2) is 4.98 Å². The largest absolute Gasteiger partial charge is 0.324 e. The van der Waals surface area contributed by atoms with Crippen molar-refractivity contribution in [2.45, 2.75) is 29.2 Å². The molecule has 0 amide bonds. The van der Waals surface area contributed by atoms with Crippen LogP contribution in [0.5, 0.6) is 0 Å². The molecule has 0 spiro atoms. The second kappa shape index (κ2) is 6.42. The van der Waals surface area contributed by atoms with Crippen molar-refractivity contribution in [1.29, 1.82) is 0 Å². The van der Waals surface area contributed by atoms with Crippen LogP contribution in [-0.2, 0) is 5.54 Å². The number of carbonyl (C=O) groups excluding carboxylic acids is 1. The van der Waals surface area contributed by atoms with Gasteiger partial charge in [0, 0.05) is 27.7 Å². The highest BCUT2D eigenvalue weighted by atomic mass is 32.2. The van der Waals surface area contributed by atoms with Crippen LogP contribution < -0.4 is 0 Å². The maximum absolute atomic E-state index is 12.8. The van der Waals surface area contributed by atoms with E-state index in [-0.39, 0.29) is 5.78 Å². The molecule has 0 bridgehead atoms. The summed E-state index contributed by atoms with van der Waals surface area (Å²) in [6.45, 7) is 3.81. The normalized spacial score (nSPS) is 11.4. The third kappa shape index (κ3) is 3.37. The molecule has 0 aliphatic heterocycles. The minimum Gasteiger partial charge on any atom is -0.324 e. The molecule has 116 valence electrons. The Bertz CT molecular complexity index is 778. The number of imidazole rings is 1. The first-order chi connectivity index (χ1) is 11.1. The average Bonchev–Trinajstić information content (AvgIpc) is 3.11. The lowest BCUT2D eigenvalue weighted by Gasteiger charge is -2.24. The molecule has 23 heavy (non-hydrogen) atoms. The molecule has 0 fully saturated rings. The zero-order valence-electron chi connectivity index (χ0n) is 13.1. The highest BCUT2D eigenvalue weighted by Gasteiger charge is 2.29. The van der Waals surface area contributed by atoms with Gasteiger partial charge in [0.25, 0.3) is 0 Å². The molecule has 0 N–H and O–H groups in total. The van der Waals surface area contributed by atoms with E-state index in [0.29, 0.717) is 5.56 Å². The van der Waals surface area contributed by atoms with E-state index in [1.165, 1.54) is 4.90 Å². The lowest BCUT2D eigenvalue weighted by atomic mass is 9.93. The fourth-order valence-electron chi connectivity index (χ4n) is 2.36. The summed E-state index contributed by atoms with van der Waals surface area (Å²) in [4.78, 5) is 19.1. The van der Waals surface area contributed by atoms with Crippen LogP contribution in [0.25, 0.3) is 0 Å². The standard InChI is InChI=1S/C19H18N2OS/c1-19(2,21-13-12-20-14-21)18(22)15-8-10-17(11-9-15)23-16-6-4-3-5-7-16/h3-14H,1-2H3. The molecule has 1 heterocycles. The number of hydrogen-bond donors (Lipinski definition) is 0. The lowest BCUT2D eigenvalue weighted by Crippen LogP contribution is -2.35. The summed E-state index contributed by atoms with van der Waals surface area (Å²) >= 11 is 1.69. The van der Waals surface area contributed by atoms with Gasteiger partial charge in [-0.2, -0.15) is 0 Å². The Labute approximate surface area is 140 Å². The third-order valence-electron chi connectivity index (χ3n) is 3.80. The average molecular weight is 322 g/mol. The highest BCUT2D eigenvalue weighted by molar-refractivity contribution is 7.99. The predicted molar refractivity (Wildman–Crippen MR) is 92.9 cm³/mol. The van der Waals surface area contributed by atoms with E-state index < -0.39 is 5.54 Å². The van der Waals surface area contributed by atoms with Crippen molar-refractivity contribution in [2.24, 2.45) is 0 Å². The number of carbonyl (C=O) groups is 1. The Kier molecular flexibility index (Phi) is 4.35. The van der Waals surface area contributed by atoms with Crippen molar-refractivity contribution in [3.05, 3.63) is 78.9 Å². The second-order valence-electron chi connectivity index (χ2n) is 5.80. The molecule has 0 atom stereocenters. The summed E-state index contributed by atoms with van der Waals surface area (Å²) in [5, 5.41) is 0. The van der Waals surface area contributed by atoms with Gasteiger partial charge in [0.2, 0.25) is 0 Å². The van der Waals surface area contributed by atoms with Gasteiger partial charge in [-0.1, -0.05) is 42.1 Å². The molecule has 0 aliphatic carbocycles. The number of rotatable bonds is 5. The first-order valence-corrected chi connectivity index (χ1v) is 8.25. The SMILES string of the molecule is CC(C)(C(=O)c1ccc(Sc2ccccc2)cc1)n1ccnc1. The van der Waals surface area contributed by atoms with Crippen LogP contribution in [0.4, 0.5) is 0 Å². The second-order valence-corrected chi connectivity index (χ2v) is 6.94. The van der Waals surface area contributed by atoms with Gasteiger partial charge in [-0.15, -0.1) is 0 Å². The van der Waals surface area contributed by atoms with Crippen LogP contribution in [0.3, 0.4) is 0 Å². The van der Waals surface area contributed by atoms with Crippen molar-refractivity contribution < 1.29 is 4.79 Å². The van der Waals surface area contributed by atoms with Gasteiger partial charge in [0.15, 0.2) is 5.78 Å². The summed E-state index contributed by atoms with van der Waals surface area (Å²) in [6.07, 6.45) is 5.18. The third-order valence-corrected chi connectivity index (χ3v) is 4.82. The zero-order valence-corrected chi connectivity index (χ0v) is 14.0. The quantitative estimate of drug-likeness (QED) is 0.641. The first kappa shape index (κ1) is 15.6. The van der Waals surface area contributed by atoms with Gasteiger partial charge in [-0.05, 0) is 38.1 Å². The fraction of sp³-hybridized carbons (Fsp3) is 0.158. The monoisotopic (exact) mass is 322 g/mol. The summed E-state index contributed by atoms with van der Waals surface area (Å²) in [7, 11) is 0. The molecule has 2 aromatic carbocycles. The molecule has 0 aliphatic rings. The summed E-state index contributed by atoms with van der Waals surface area (Å²) in [5.74, 6) is 0.0757. The Morgan fingerprint density at radius 2 is 1.65 bits per heavy atom. The Hall–Kier alpha value is -2.33. The van der Waals surface area contributed by atoms with E-state index >= 15 is 0 Å². The minimum atomic E-state index is -0.648. The molecule has 3 aromatic rings. The van der Waals surface area contributed by atoms with Crippen LogP contribution in [0.15, 0.2) is 83.1 Å². The maximum Gasteiger partial charge on any atom is 0.188 e. The van der Waals surface area contributed by atoms with Crippen LogP contribution in [0.2, 0.25) is 0 Å². The number of hydrogen-bond acceptors (Lipinski definition) is 3. The molecular weight excluding hydrogens is 304 g/mol. The van der Waals surface area contributed by atoms with Crippen LogP contribution in [0.1, 0.15) is 24.2 Å². The van der Waals surface area contributed by atoms with E-state index in [4.69, 9.17) is 0 Å². The smallest absolute Gasteiger partial charge is 0.188 e. The Balaban J connectivity index is 1.78. The number of nitrogens with zero attached hydrogens (tertiary/aromatic N) is 2. The van der Waals surface area contributed by atoms with Gasteiger partial charge in [0.05, 0.1) is 6.33 Å². The van der Waals surface area contributed by atoms with Crippen molar-refractivity contribution in [3.63, 3.8) is 0 Å². The van der Waals surface area contributed by atoms with E-state index in [0.717, 1.165) is 4.90 Å². The molecule has 0 saturated carbocycles. The number of ketones is 1. The van der Waals surface area contributed by atoms with Crippen molar-refractivity contribution >= 4 is 17.5 Å². The molecule has 0 radical (unpaired) electrons. The summed E-state index contributed by atoms with van der Waals surface area (Å²) < 4.78 is 1.84. The maximum atomic E-state index is 12.8. The number of aromatic nitrogens is 2. The molecular formula is C19H18N2OS. The molecule has 1 aromatic heterocycles. The first-order valence-electron chi connectivity index (χ1n) is 7.43. The van der Waals surface area contributed by atoms with Crippen LogP contribution in [0, 0.1) is 0 Å². The summed E-state index contributed by atoms with van der Waals surface area (Å²) in [5.41, 5.74) is 0.0611. The molecule has 3 rings (SSSR count). The Morgan fingerprint density at radius 1 is 1.00 bits per heavy atom. The van der Waals surface area contributed by atoms with Crippen molar-refractivity contribution in [2.75, 3.05) is 0 Å². The van der Waals surface area contributed by atoms with Gasteiger partial charge >= 0.3 is 0 Å². The van der Waals surface area contributed by atoms with Gasteiger partial charge in [0.1, 0.15) is 5.54 Å². The number of Topliss-reactive ketones (excluding diaryl/α,β-unsaturated/α-hetero) is 1. The van der Waals surface area contributed by atoms with E-state index in [2.05, 4.69) is 17.1 Å². The molecule has 0 saturated heterocycles. The molecule has 4 heteroatoms. The highest BCUT2D eigenvalue weighted by Crippen LogP contribution is 2.28. The van der Waals surface area contributed by atoms with Gasteiger partial charge in [-0.3, -0.25) is 4.79 Å². The van der Waals surface area contributed by atoms with E-state index in [9.17, 15) is 4.79 Å². The number of benzene rings is 2. The topological polar surface area (TPSA) is 34.9 Å². The van der Waals surface area contributed by atoms with Crippen LogP contribution >= 0.6 is 11.8 Å². The van der Waals surface area contributed by atoms with E-state index in [1.54, 1.807) is 24.3 Å². The summed E-state index contributed by atoms with van der Waals surface area (Å²) in [6, 6.07) is 18.0.